The summed E-state index contributed by atoms with van der Waals surface area (Å²) in [5, 5.41) is 15.3. The molecule has 0 fully saturated rings. The van der Waals surface area contributed by atoms with Gasteiger partial charge in [-0.15, -0.1) is 21.5 Å². The third kappa shape index (κ3) is 5.82. The van der Waals surface area contributed by atoms with E-state index in [9.17, 15) is 9.59 Å². The lowest BCUT2D eigenvalue weighted by Gasteiger charge is -2.13. The molecule has 4 aromatic rings. The zero-order valence-electron chi connectivity index (χ0n) is 19.9. The molecule has 0 unspecified atom stereocenters. The minimum Gasteiger partial charge on any atom is -0.496 e. The Morgan fingerprint density at radius 3 is 2.73 bits per heavy atom. The van der Waals surface area contributed by atoms with Crippen LogP contribution in [0.1, 0.15) is 33.6 Å². The Morgan fingerprint density at radius 2 is 1.92 bits per heavy atom. The SMILES string of the molecule is COc1ccc(Cl)cc1-c1nnc(SCC(=O)Nc2sc3c(c2C(=O)Nc2ccccc2)CCCC3)o1. The van der Waals surface area contributed by atoms with Crippen molar-refractivity contribution in [3.05, 3.63) is 69.6 Å². The number of carbonyl (C=O) groups is 2. The molecule has 37 heavy (non-hydrogen) atoms. The molecule has 0 atom stereocenters. The first-order valence-corrected chi connectivity index (χ1v) is 13.8. The molecule has 1 aliphatic rings. The van der Waals surface area contributed by atoms with Gasteiger partial charge in [-0.1, -0.05) is 41.6 Å². The molecule has 0 bridgehead atoms. The number of thioether (sulfide) groups is 1. The molecule has 2 aromatic carbocycles. The molecule has 0 saturated heterocycles. The molecule has 5 rings (SSSR count). The zero-order valence-corrected chi connectivity index (χ0v) is 22.3. The van der Waals surface area contributed by atoms with E-state index in [1.807, 2.05) is 30.3 Å². The van der Waals surface area contributed by atoms with Crippen LogP contribution < -0.4 is 15.4 Å². The number of nitrogens with one attached hydrogen (secondary N) is 2. The van der Waals surface area contributed by atoms with Crippen LogP contribution in [0.2, 0.25) is 5.02 Å². The van der Waals surface area contributed by atoms with Crippen LogP contribution >= 0.6 is 34.7 Å². The topological polar surface area (TPSA) is 106 Å². The van der Waals surface area contributed by atoms with Crippen molar-refractivity contribution >= 4 is 57.2 Å². The monoisotopic (exact) mass is 554 g/mol. The van der Waals surface area contributed by atoms with Gasteiger partial charge in [0, 0.05) is 15.6 Å². The lowest BCUT2D eigenvalue weighted by molar-refractivity contribution is -0.113. The summed E-state index contributed by atoms with van der Waals surface area (Å²) >= 11 is 8.69. The quantitative estimate of drug-likeness (QED) is 0.245. The highest BCUT2D eigenvalue weighted by atomic mass is 35.5. The van der Waals surface area contributed by atoms with E-state index in [4.69, 9.17) is 20.8 Å². The summed E-state index contributed by atoms with van der Waals surface area (Å²) in [5.41, 5.74) is 2.86. The third-order valence-corrected chi connectivity index (χ3v) is 8.07. The van der Waals surface area contributed by atoms with Gasteiger partial charge in [0.15, 0.2) is 0 Å². The van der Waals surface area contributed by atoms with E-state index in [0.29, 0.717) is 32.6 Å². The maximum Gasteiger partial charge on any atom is 0.277 e. The molecule has 0 saturated carbocycles. The van der Waals surface area contributed by atoms with Crippen LogP contribution in [-0.4, -0.2) is 34.9 Å². The van der Waals surface area contributed by atoms with E-state index < -0.39 is 0 Å². The number of thiophene rings is 1. The number of halogens is 1. The van der Waals surface area contributed by atoms with E-state index in [2.05, 4.69) is 20.8 Å². The zero-order chi connectivity index (χ0) is 25.8. The number of benzene rings is 2. The molecular weight excluding hydrogens is 532 g/mol. The molecule has 8 nitrogen and oxygen atoms in total. The number of carbonyl (C=O) groups excluding carboxylic acids is 2. The standard InChI is InChI=1S/C26H23ClN4O4S2/c1-34-19-12-11-15(27)13-18(19)24-30-31-26(35-24)36-14-21(32)29-25-22(17-9-5-6-10-20(17)37-25)23(33)28-16-7-3-2-4-8-16/h2-4,7-8,11-13H,5-6,9-10,14H2,1H3,(H,28,33)(H,29,32). The van der Waals surface area contributed by atoms with Gasteiger partial charge in [0.05, 0.1) is 24.0 Å². The number of para-hydroxylation sites is 1. The number of fused-ring (bicyclic) bond motifs is 1. The van der Waals surface area contributed by atoms with Gasteiger partial charge in [-0.05, 0) is 61.6 Å². The van der Waals surface area contributed by atoms with Crippen LogP contribution in [0.4, 0.5) is 10.7 Å². The smallest absolute Gasteiger partial charge is 0.277 e. The third-order valence-electron chi connectivity index (χ3n) is 5.81. The summed E-state index contributed by atoms with van der Waals surface area (Å²) in [5.74, 6) is 0.345. The highest BCUT2D eigenvalue weighted by molar-refractivity contribution is 7.99. The van der Waals surface area contributed by atoms with E-state index in [-0.39, 0.29) is 28.7 Å². The maximum absolute atomic E-state index is 13.2. The number of hydrogen-bond acceptors (Lipinski definition) is 8. The molecule has 0 spiro atoms. The van der Waals surface area contributed by atoms with Gasteiger partial charge in [-0.25, -0.2) is 0 Å². The summed E-state index contributed by atoms with van der Waals surface area (Å²) in [7, 11) is 1.54. The summed E-state index contributed by atoms with van der Waals surface area (Å²) in [4.78, 5) is 27.3. The molecule has 2 heterocycles. The van der Waals surface area contributed by atoms with Gasteiger partial charge < -0.3 is 19.8 Å². The van der Waals surface area contributed by atoms with Crippen molar-refractivity contribution in [3.63, 3.8) is 0 Å². The van der Waals surface area contributed by atoms with Gasteiger partial charge in [0.25, 0.3) is 17.0 Å². The molecule has 0 radical (unpaired) electrons. The fourth-order valence-corrected chi connectivity index (χ4v) is 6.16. The first-order valence-electron chi connectivity index (χ1n) is 11.6. The Kier molecular flexibility index (Phi) is 7.78. The van der Waals surface area contributed by atoms with E-state index >= 15 is 0 Å². The predicted octanol–water partition coefficient (Wildman–Crippen LogP) is 6.32. The Hall–Kier alpha value is -3.34. The summed E-state index contributed by atoms with van der Waals surface area (Å²) in [6.45, 7) is 0. The molecule has 2 amide bonds. The second-order valence-corrected chi connectivity index (χ2v) is 10.8. The Balaban J connectivity index is 1.28. The van der Waals surface area contributed by atoms with Gasteiger partial charge in [0.2, 0.25) is 5.91 Å². The van der Waals surface area contributed by atoms with E-state index in [0.717, 1.165) is 47.9 Å². The van der Waals surface area contributed by atoms with Crippen LogP contribution in [-0.2, 0) is 17.6 Å². The highest BCUT2D eigenvalue weighted by Crippen LogP contribution is 2.39. The van der Waals surface area contributed by atoms with Crippen molar-refractivity contribution < 1.29 is 18.7 Å². The second-order valence-electron chi connectivity index (χ2n) is 8.29. The number of aryl methyl sites for hydroxylation is 1. The molecule has 11 heteroatoms. The number of ether oxygens (including phenoxy) is 1. The Labute approximate surface area is 226 Å². The maximum atomic E-state index is 13.2. The second kappa shape index (κ2) is 11.4. The minimum atomic E-state index is -0.266. The lowest BCUT2D eigenvalue weighted by Crippen LogP contribution is -2.19. The Morgan fingerprint density at radius 1 is 1.11 bits per heavy atom. The fourth-order valence-electron chi connectivity index (χ4n) is 4.12. The Bertz CT molecular complexity index is 1440. The summed E-state index contributed by atoms with van der Waals surface area (Å²) < 4.78 is 11.1. The van der Waals surface area contributed by atoms with Gasteiger partial charge in [-0.2, -0.15) is 0 Å². The van der Waals surface area contributed by atoms with Crippen molar-refractivity contribution in [2.45, 2.75) is 30.9 Å². The largest absolute Gasteiger partial charge is 0.496 e. The average molecular weight is 555 g/mol. The molecule has 1 aliphatic carbocycles. The van der Waals surface area contributed by atoms with Crippen molar-refractivity contribution in [3.8, 4) is 17.2 Å². The molecule has 2 aromatic heterocycles. The number of anilines is 2. The van der Waals surface area contributed by atoms with Gasteiger partial charge in [0.1, 0.15) is 10.8 Å². The summed E-state index contributed by atoms with van der Waals surface area (Å²) in [6.07, 6.45) is 3.84. The van der Waals surface area contributed by atoms with E-state index in [1.54, 1.807) is 25.3 Å². The van der Waals surface area contributed by atoms with Crippen LogP contribution in [0.25, 0.3) is 11.5 Å². The van der Waals surface area contributed by atoms with Gasteiger partial charge in [-0.3, -0.25) is 9.59 Å². The van der Waals surface area contributed by atoms with Crippen molar-refractivity contribution in [2.24, 2.45) is 0 Å². The average Bonchev–Trinajstić information content (AvgIpc) is 3.52. The predicted molar refractivity (Wildman–Crippen MR) is 146 cm³/mol. The number of rotatable bonds is 8. The molecule has 2 N–H and O–H groups in total. The van der Waals surface area contributed by atoms with Crippen molar-refractivity contribution in [1.82, 2.24) is 10.2 Å². The highest BCUT2D eigenvalue weighted by Gasteiger charge is 2.26. The molecular formula is C26H23ClN4O4S2. The number of amides is 2. The van der Waals surface area contributed by atoms with Gasteiger partial charge >= 0.3 is 0 Å². The fraction of sp³-hybridized carbons (Fsp3) is 0.231. The minimum absolute atomic E-state index is 0.0383. The number of nitrogens with zero attached hydrogens (tertiary/aromatic N) is 2. The van der Waals surface area contributed by atoms with Crippen molar-refractivity contribution in [2.75, 3.05) is 23.5 Å². The molecule has 190 valence electrons. The van der Waals surface area contributed by atoms with Crippen LogP contribution in [0.3, 0.4) is 0 Å². The summed E-state index contributed by atoms with van der Waals surface area (Å²) in [6, 6.07) is 14.4. The first-order chi connectivity index (χ1) is 18.0. The number of methoxy groups -OCH3 is 1. The van der Waals surface area contributed by atoms with Crippen LogP contribution in [0.5, 0.6) is 5.75 Å². The normalized spacial score (nSPS) is 12.6. The number of hydrogen-bond donors (Lipinski definition) is 2. The lowest BCUT2D eigenvalue weighted by atomic mass is 9.95. The van der Waals surface area contributed by atoms with Crippen molar-refractivity contribution in [1.29, 1.82) is 0 Å². The van der Waals surface area contributed by atoms with Crippen LogP contribution in [0, 0.1) is 0 Å². The van der Waals surface area contributed by atoms with Crippen LogP contribution in [0.15, 0.2) is 58.2 Å². The first kappa shape index (κ1) is 25.3. The molecule has 0 aliphatic heterocycles. The van der Waals surface area contributed by atoms with E-state index in [1.165, 1.54) is 11.3 Å². The number of aromatic nitrogens is 2.